The summed E-state index contributed by atoms with van der Waals surface area (Å²) in [6, 6.07) is 11.6. The summed E-state index contributed by atoms with van der Waals surface area (Å²) >= 11 is 0. The SMILES string of the molecule is CCCCCCc1ccc2c[c]cnc2c1. The van der Waals surface area contributed by atoms with Crippen molar-refractivity contribution in [2.45, 2.75) is 39.0 Å². The number of nitrogens with zero attached hydrogens (tertiary/aromatic N) is 1. The van der Waals surface area contributed by atoms with Crippen LogP contribution in [0.25, 0.3) is 10.9 Å². The molecule has 2 aromatic rings. The molecule has 0 spiro atoms. The highest BCUT2D eigenvalue weighted by Crippen LogP contribution is 2.15. The van der Waals surface area contributed by atoms with Gasteiger partial charge >= 0.3 is 0 Å². The summed E-state index contributed by atoms with van der Waals surface area (Å²) in [4.78, 5) is 4.33. The molecule has 1 heterocycles. The molecule has 0 saturated carbocycles. The smallest absolute Gasteiger partial charge is 0.0705 e. The Bertz CT molecular complexity index is 448. The van der Waals surface area contributed by atoms with Gasteiger partial charge in [0.2, 0.25) is 0 Å². The predicted molar refractivity (Wildman–Crippen MR) is 68.4 cm³/mol. The van der Waals surface area contributed by atoms with Crippen molar-refractivity contribution in [1.82, 2.24) is 4.98 Å². The van der Waals surface area contributed by atoms with Crippen LogP contribution in [0.15, 0.2) is 30.5 Å². The van der Waals surface area contributed by atoms with E-state index in [1.807, 2.05) is 6.07 Å². The highest BCUT2D eigenvalue weighted by atomic mass is 14.6. The molecule has 0 aliphatic heterocycles. The number of fused-ring (bicyclic) bond motifs is 1. The lowest BCUT2D eigenvalue weighted by molar-refractivity contribution is 0.667. The summed E-state index contributed by atoms with van der Waals surface area (Å²) in [5.41, 5.74) is 2.49. The van der Waals surface area contributed by atoms with Crippen LogP contribution in [0.1, 0.15) is 38.2 Å². The first-order chi connectivity index (χ1) is 7.90. The van der Waals surface area contributed by atoms with Crippen molar-refractivity contribution < 1.29 is 0 Å². The number of hydrogen-bond acceptors (Lipinski definition) is 1. The van der Waals surface area contributed by atoms with Gasteiger partial charge in [0.15, 0.2) is 0 Å². The number of rotatable bonds is 5. The molecule has 0 bridgehead atoms. The van der Waals surface area contributed by atoms with Crippen LogP contribution < -0.4 is 0 Å². The molecule has 0 fully saturated rings. The van der Waals surface area contributed by atoms with Crippen LogP contribution in [0.3, 0.4) is 0 Å². The number of aromatic nitrogens is 1. The summed E-state index contributed by atoms with van der Waals surface area (Å²) in [6.07, 6.45) is 8.19. The van der Waals surface area contributed by atoms with Crippen molar-refractivity contribution in [2.75, 3.05) is 0 Å². The highest BCUT2D eigenvalue weighted by Gasteiger charge is 1.97. The number of aryl methyl sites for hydroxylation is 1. The van der Waals surface area contributed by atoms with E-state index in [9.17, 15) is 0 Å². The van der Waals surface area contributed by atoms with E-state index in [2.05, 4.69) is 36.2 Å². The maximum absolute atomic E-state index is 4.33. The number of pyridine rings is 1. The molecule has 1 aromatic carbocycles. The van der Waals surface area contributed by atoms with Gasteiger partial charge in [-0.3, -0.25) is 4.98 Å². The quantitative estimate of drug-likeness (QED) is 0.678. The molecule has 0 aliphatic rings. The summed E-state index contributed by atoms with van der Waals surface area (Å²) in [6.45, 7) is 2.25. The number of unbranched alkanes of at least 4 members (excludes halogenated alkanes) is 3. The van der Waals surface area contributed by atoms with Crippen LogP contribution in [-0.4, -0.2) is 4.98 Å². The molecule has 0 saturated heterocycles. The molecule has 1 aromatic heterocycles. The minimum Gasteiger partial charge on any atom is -0.256 e. The van der Waals surface area contributed by atoms with Crippen molar-refractivity contribution in [3.05, 3.63) is 42.1 Å². The maximum atomic E-state index is 4.33. The molecule has 0 unspecified atom stereocenters. The van der Waals surface area contributed by atoms with Crippen LogP contribution in [0.2, 0.25) is 0 Å². The molecule has 0 atom stereocenters. The van der Waals surface area contributed by atoms with Crippen LogP contribution in [-0.2, 0) is 6.42 Å². The van der Waals surface area contributed by atoms with E-state index in [-0.39, 0.29) is 0 Å². The zero-order chi connectivity index (χ0) is 11.2. The molecule has 0 N–H and O–H groups in total. The molecule has 16 heavy (non-hydrogen) atoms. The second kappa shape index (κ2) is 5.64. The van der Waals surface area contributed by atoms with Crippen LogP contribution in [0.5, 0.6) is 0 Å². The third-order valence-electron chi connectivity index (χ3n) is 2.93. The van der Waals surface area contributed by atoms with Crippen molar-refractivity contribution in [1.29, 1.82) is 0 Å². The van der Waals surface area contributed by atoms with E-state index in [0.717, 1.165) is 5.52 Å². The molecule has 0 aliphatic carbocycles. The van der Waals surface area contributed by atoms with E-state index in [1.54, 1.807) is 6.20 Å². The molecular formula is C15H18N. The van der Waals surface area contributed by atoms with E-state index in [0.29, 0.717) is 0 Å². The first-order valence-electron chi connectivity index (χ1n) is 6.15. The molecule has 2 rings (SSSR count). The second-order valence-electron chi connectivity index (χ2n) is 4.27. The molecule has 1 nitrogen and oxygen atoms in total. The summed E-state index contributed by atoms with van der Waals surface area (Å²) in [5.74, 6) is 0. The van der Waals surface area contributed by atoms with Crippen LogP contribution >= 0.6 is 0 Å². The minimum atomic E-state index is 1.09. The maximum Gasteiger partial charge on any atom is 0.0705 e. The van der Waals surface area contributed by atoms with E-state index < -0.39 is 0 Å². The number of hydrogen-bond donors (Lipinski definition) is 0. The van der Waals surface area contributed by atoms with E-state index >= 15 is 0 Å². The standard InChI is InChI=1S/C15H18N/c1-2-3-4-5-7-13-9-10-14-8-6-11-16-15(14)12-13/h8-12H,2-5,7H2,1H3. The lowest BCUT2D eigenvalue weighted by atomic mass is 10.0. The Morgan fingerprint density at radius 1 is 1.19 bits per heavy atom. The van der Waals surface area contributed by atoms with Gasteiger partial charge in [0, 0.05) is 17.6 Å². The Morgan fingerprint density at radius 2 is 2.12 bits per heavy atom. The minimum absolute atomic E-state index is 1.09. The Hall–Kier alpha value is -1.37. The summed E-state index contributed by atoms with van der Waals surface area (Å²) < 4.78 is 0. The van der Waals surface area contributed by atoms with Crippen molar-refractivity contribution in [2.24, 2.45) is 0 Å². The topological polar surface area (TPSA) is 12.9 Å². The molecule has 83 valence electrons. The Kier molecular flexibility index (Phi) is 3.92. The van der Waals surface area contributed by atoms with E-state index in [4.69, 9.17) is 0 Å². The highest BCUT2D eigenvalue weighted by molar-refractivity contribution is 5.78. The fourth-order valence-corrected chi connectivity index (χ4v) is 1.97. The lowest BCUT2D eigenvalue weighted by Gasteiger charge is -2.02. The molecule has 1 heteroatoms. The zero-order valence-corrected chi connectivity index (χ0v) is 9.87. The van der Waals surface area contributed by atoms with Crippen molar-refractivity contribution in [3.8, 4) is 0 Å². The normalized spacial score (nSPS) is 10.8. The third-order valence-corrected chi connectivity index (χ3v) is 2.93. The van der Waals surface area contributed by atoms with Gasteiger partial charge in [0.05, 0.1) is 5.52 Å². The number of benzene rings is 1. The molecule has 0 amide bonds. The summed E-state index contributed by atoms with van der Waals surface area (Å²) in [5, 5.41) is 1.18. The Labute approximate surface area is 97.5 Å². The fraction of sp³-hybridized carbons (Fsp3) is 0.400. The van der Waals surface area contributed by atoms with Gasteiger partial charge in [-0.2, -0.15) is 0 Å². The monoisotopic (exact) mass is 212 g/mol. The van der Waals surface area contributed by atoms with E-state index in [1.165, 1.54) is 43.1 Å². The van der Waals surface area contributed by atoms with Crippen molar-refractivity contribution >= 4 is 10.9 Å². The Morgan fingerprint density at radius 3 is 3.00 bits per heavy atom. The average Bonchev–Trinajstić information content (AvgIpc) is 2.34. The van der Waals surface area contributed by atoms with Crippen LogP contribution in [0, 0.1) is 6.07 Å². The molecular weight excluding hydrogens is 194 g/mol. The van der Waals surface area contributed by atoms with Gasteiger partial charge in [0.25, 0.3) is 0 Å². The Balaban J connectivity index is 2.02. The van der Waals surface area contributed by atoms with Crippen molar-refractivity contribution in [3.63, 3.8) is 0 Å². The summed E-state index contributed by atoms with van der Waals surface area (Å²) in [7, 11) is 0. The zero-order valence-electron chi connectivity index (χ0n) is 9.87. The van der Waals surface area contributed by atoms with Gasteiger partial charge in [-0.1, -0.05) is 38.3 Å². The second-order valence-corrected chi connectivity index (χ2v) is 4.27. The van der Waals surface area contributed by atoms with Gasteiger partial charge in [-0.15, -0.1) is 0 Å². The largest absolute Gasteiger partial charge is 0.256 e. The van der Waals surface area contributed by atoms with Gasteiger partial charge in [0.1, 0.15) is 0 Å². The van der Waals surface area contributed by atoms with Gasteiger partial charge in [-0.05, 0) is 30.5 Å². The first kappa shape index (κ1) is 11.1. The van der Waals surface area contributed by atoms with Gasteiger partial charge < -0.3 is 0 Å². The van der Waals surface area contributed by atoms with Gasteiger partial charge in [-0.25, -0.2) is 0 Å². The predicted octanol–water partition coefficient (Wildman–Crippen LogP) is 4.16. The molecule has 1 radical (unpaired) electrons. The average molecular weight is 212 g/mol. The third kappa shape index (κ3) is 2.82. The lowest BCUT2D eigenvalue weighted by Crippen LogP contribution is -1.87. The first-order valence-corrected chi connectivity index (χ1v) is 6.15. The van der Waals surface area contributed by atoms with Crippen LogP contribution in [0.4, 0.5) is 0 Å². The fourth-order valence-electron chi connectivity index (χ4n) is 1.97.